The summed E-state index contributed by atoms with van der Waals surface area (Å²) in [6.45, 7) is 0. The average Bonchev–Trinajstić information content (AvgIpc) is 2.68. The summed E-state index contributed by atoms with van der Waals surface area (Å²) in [5.41, 5.74) is 1.41. The molecule has 1 aliphatic carbocycles. The number of benzene rings is 1. The third kappa shape index (κ3) is 4.10. The van der Waals surface area contributed by atoms with Crippen LogP contribution in [-0.2, 0) is 11.2 Å². The van der Waals surface area contributed by atoms with E-state index in [1.54, 1.807) is 18.2 Å². The molecule has 0 heterocycles. The molecule has 1 fully saturated rings. The Labute approximate surface area is 114 Å². The summed E-state index contributed by atoms with van der Waals surface area (Å²) in [5, 5.41) is 8.68. The maximum atomic E-state index is 12.1. The highest BCUT2D eigenvalue weighted by molar-refractivity contribution is 5.89. The SMILES string of the molecule is N#CCc1cccc(C(=O)OC2CCCCCC2)c1. The molecule has 0 saturated heterocycles. The lowest BCUT2D eigenvalue weighted by Crippen LogP contribution is -2.17. The fourth-order valence-corrected chi connectivity index (χ4v) is 2.48. The molecule has 1 saturated carbocycles. The second kappa shape index (κ2) is 6.94. The molecule has 0 spiro atoms. The number of rotatable bonds is 3. The van der Waals surface area contributed by atoms with Crippen molar-refractivity contribution < 1.29 is 9.53 Å². The third-order valence-corrected chi connectivity index (χ3v) is 3.52. The number of hydrogen-bond donors (Lipinski definition) is 0. The Bertz CT molecular complexity index is 468. The normalized spacial score (nSPS) is 16.4. The van der Waals surface area contributed by atoms with Gasteiger partial charge in [-0.05, 0) is 43.4 Å². The van der Waals surface area contributed by atoms with E-state index in [-0.39, 0.29) is 12.1 Å². The predicted molar refractivity (Wildman–Crippen MR) is 72.7 cm³/mol. The van der Waals surface area contributed by atoms with Crippen LogP contribution in [0.4, 0.5) is 0 Å². The van der Waals surface area contributed by atoms with Gasteiger partial charge in [-0.1, -0.05) is 25.0 Å². The van der Waals surface area contributed by atoms with Crippen molar-refractivity contribution in [2.45, 2.75) is 51.0 Å². The molecule has 100 valence electrons. The molecule has 3 nitrogen and oxygen atoms in total. The largest absolute Gasteiger partial charge is 0.459 e. The van der Waals surface area contributed by atoms with Crippen LogP contribution in [0.25, 0.3) is 0 Å². The van der Waals surface area contributed by atoms with Crippen molar-refractivity contribution in [3.63, 3.8) is 0 Å². The number of carbonyl (C=O) groups is 1. The van der Waals surface area contributed by atoms with Gasteiger partial charge >= 0.3 is 5.97 Å². The van der Waals surface area contributed by atoms with Crippen LogP contribution in [-0.4, -0.2) is 12.1 Å². The summed E-state index contributed by atoms with van der Waals surface area (Å²) in [5.74, 6) is -0.258. The molecule has 1 aromatic rings. The van der Waals surface area contributed by atoms with Crippen molar-refractivity contribution in [1.29, 1.82) is 5.26 Å². The number of hydrogen-bond acceptors (Lipinski definition) is 3. The molecule has 0 amide bonds. The van der Waals surface area contributed by atoms with Gasteiger partial charge < -0.3 is 4.74 Å². The number of esters is 1. The zero-order valence-electron chi connectivity index (χ0n) is 11.1. The van der Waals surface area contributed by atoms with Gasteiger partial charge in [0.25, 0.3) is 0 Å². The minimum atomic E-state index is -0.258. The average molecular weight is 257 g/mol. The highest BCUT2D eigenvalue weighted by Crippen LogP contribution is 2.21. The van der Waals surface area contributed by atoms with E-state index in [9.17, 15) is 4.79 Å². The Hall–Kier alpha value is -1.82. The summed E-state index contributed by atoms with van der Waals surface area (Å²) in [6.07, 6.45) is 7.11. The Morgan fingerprint density at radius 3 is 2.68 bits per heavy atom. The van der Waals surface area contributed by atoms with E-state index in [1.807, 2.05) is 6.07 Å². The highest BCUT2D eigenvalue weighted by atomic mass is 16.5. The molecule has 3 heteroatoms. The van der Waals surface area contributed by atoms with Crippen molar-refractivity contribution in [2.75, 3.05) is 0 Å². The molecule has 0 N–H and O–H groups in total. The third-order valence-electron chi connectivity index (χ3n) is 3.52. The Kier molecular flexibility index (Phi) is 4.97. The first-order valence-electron chi connectivity index (χ1n) is 6.96. The maximum Gasteiger partial charge on any atom is 0.338 e. The second-order valence-corrected chi connectivity index (χ2v) is 5.05. The van der Waals surface area contributed by atoms with Crippen LogP contribution in [0.2, 0.25) is 0 Å². The summed E-state index contributed by atoms with van der Waals surface area (Å²) in [7, 11) is 0. The number of nitriles is 1. The van der Waals surface area contributed by atoms with E-state index in [0.717, 1.165) is 31.2 Å². The Morgan fingerprint density at radius 2 is 2.00 bits per heavy atom. The van der Waals surface area contributed by atoms with Gasteiger partial charge in [0.2, 0.25) is 0 Å². The summed E-state index contributed by atoms with van der Waals surface area (Å²) >= 11 is 0. The van der Waals surface area contributed by atoms with Gasteiger partial charge in [-0.3, -0.25) is 0 Å². The monoisotopic (exact) mass is 257 g/mol. The first kappa shape index (κ1) is 13.6. The molecule has 0 aromatic heterocycles. The van der Waals surface area contributed by atoms with Crippen molar-refractivity contribution in [2.24, 2.45) is 0 Å². The fourth-order valence-electron chi connectivity index (χ4n) is 2.48. The molecule has 0 aliphatic heterocycles. The lowest BCUT2D eigenvalue weighted by atomic mass is 10.1. The summed E-state index contributed by atoms with van der Waals surface area (Å²) in [4.78, 5) is 12.1. The van der Waals surface area contributed by atoms with Crippen LogP contribution in [0.5, 0.6) is 0 Å². The van der Waals surface area contributed by atoms with Gasteiger partial charge in [0.1, 0.15) is 6.10 Å². The van der Waals surface area contributed by atoms with Gasteiger partial charge in [0.15, 0.2) is 0 Å². The van der Waals surface area contributed by atoms with E-state index >= 15 is 0 Å². The highest BCUT2D eigenvalue weighted by Gasteiger charge is 2.17. The molecule has 0 bridgehead atoms. The van der Waals surface area contributed by atoms with Crippen molar-refractivity contribution in [3.8, 4) is 6.07 Å². The van der Waals surface area contributed by atoms with Gasteiger partial charge in [0.05, 0.1) is 18.1 Å². The Morgan fingerprint density at radius 1 is 1.26 bits per heavy atom. The van der Waals surface area contributed by atoms with Crippen LogP contribution in [0.15, 0.2) is 24.3 Å². The molecule has 0 unspecified atom stereocenters. The zero-order valence-corrected chi connectivity index (χ0v) is 11.1. The number of ether oxygens (including phenoxy) is 1. The van der Waals surface area contributed by atoms with E-state index in [1.165, 1.54) is 12.8 Å². The van der Waals surface area contributed by atoms with Gasteiger partial charge in [-0.2, -0.15) is 5.26 Å². The molecule has 19 heavy (non-hydrogen) atoms. The lowest BCUT2D eigenvalue weighted by molar-refractivity contribution is 0.0267. The molecular weight excluding hydrogens is 238 g/mol. The standard InChI is InChI=1S/C16H19NO2/c17-11-10-13-6-5-7-14(12-13)16(18)19-15-8-3-1-2-4-9-15/h5-7,12,15H,1-4,8-10H2. The van der Waals surface area contributed by atoms with Crippen LogP contribution in [0, 0.1) is 11.3 Å². The summed E-state index contributed by atoms with van der Waals surface area (Å²) < 4.78 is 5.57. The Balaban J connectivity index is 1.98. The molecule has 0 atom stereocenters. The quantitative estimate of drug-likeness (QED) is 0.613. The number of nitrogens with zero attached hydrogens (tertiary/aromatic N) is 1. The lowest BCUT2D eigenvalue weighted by Gasteiger charge is -2.15. The number of carbonyl (C=O) groups excluding carboxylic acids is 1. The molecular formula is C16H19NO2. The van der Waals surface area contributed by atoms with Crippen molar-refractivity contribution in [1.82, 2.24) is 0 Å². The fraction of sp³-hybridized carbons (Fsp3) is 0.500. The van der Waals surface area contributed by atoms with Crippen LogP contribution in [0.3, 0.4) is 0 Å². The molecule has 1 aromatic carbocycles. The van der Waals surface area contributed by atoms with E-state index < -0.39 is 0 Å². The zero-order chi connectivity index (χ0) is 13.5. The molecule has 0 radical (unpaired) electrons. The van der Waals surface area contributed by atoms with E-state index in [0.29, 0.717) is 12.0 Å². The minimum absolute atomic E-state index is 0.0645. The molecule has 1 aliphatic rings. The minimum Gasteiger partial charge on any atom is -0.459 e. The van der Waals surface area contributed by atoms with E-state index in [4.69, 9.17) is 10.00 Å². The van der Waals surface area contributed by atoms with Crippen LogP contribution < -0.4 is 0 Å². The van der Waals surface area contributed by atoms with Crippen molar-refractivity contribution in [3.05, 3.63) is 35.4 Å². The smallest absolute Gasteiger partial charge is 0.338 e. The topological polar surface area (TPSA) is 50.1 Å². The van der Waals surface area contributed by atoms with Crippen LogP contribution in [0.1, 0.15) is 54.4 Å². The second-order valence-electron chi connectivity index (χ2n) is 5.05. The van der Waals surface area contributed by atoms with Crippen molar-refractivity contribution >= 4 is 5.97 Å². The predicted octanol–water partition coefficient (Wildman–Crippen LogP) is 3.63. The van der Waals surface area contributed by atoms with Gasteiger partial charge in [0, 0.05) is 0 Å². The molecule has 2 rings (SSSR count). The van der Waals surface area contributed by atoms with Crippen LogP contribution >= 0.6 is 0 Å². The van der Waals surface area contributed by atoms with E-state index in [2.05, 4.69) is 6.07 Å². The first-order valence-corrected chi connectivity index (χ1v) is 6.96. The summed E-state index contributed by atoms with van der Waals surface area (Å²) in [6, 6.07) is 9.24. The first-order chi connectivity index (χ1) is 9.29. The van der Waals surface area contributed by atoms with Gasteiger partial charge in [-0.15, -0.1) is 0 Å². The maximum absolute atomic E-state index is 12.1. The van der Waals surface area contributed by atoms with Gasteiger partial charge in [-0.25, -0.2) is 4.79 Å².